The molecule has 3 atom stereocenters. The third-order valence-corrected chi connectivity index (χ3v) is 5.89. The number of hydrogen-bond donors (Lipinski definition) is 3. The second-order valence-corrected chi connectivity index (χ2v) is 7.83. The third kappa shape index (κ3) is 2.87. The Bertz CT molecular complexity index is 653. The number of fused-ring (bicyclic) bond motifs is 1. The van der Waals surface area contributed by atoms with Crippen molar-refractivity contribution in [3.05, 3.63) is 46.1 Å². The maximum absolute atomic E-state index is 12.3. The van der Waals surface area contributed by atoms with Gasteiger partial charge in [-0.2, -0.15) is 0 Å². The van der Waals surface area contributed by atoms with Crippen LogP contribution in [0.25, 0.3) is 0 Å². The lowest BCUT2D eigenvalue weighted by Crippen LogP contribution is -2.53. The standard InChI is InChI=1S/C18H23BrN4O/c1-11-17(13-2-4-14(19)5-3-13)18-21-16(24)10-15(23(18)22-11)12-6-8-20-9-7-12/h2-5,10-12,17-18,20,22H,6-9H2,1H3,(H,21,24). The topological polar surface area (TPSA) is 56.4 Å². The number of nitrogens with one attached hydrogen (secondary N) is 3. The van der Waals surface area contributed by atoms with Gasteiger partial charge in [0.25, 0.3) is 0 Å². The first-order valence-corrected chi connectivity index (χ1v) is 9.46. The van der Waals surface area contributed by atoms with Crippen molar-refractivity contribution in [2.24, 2.45) is 5.92 Å². The quantitative estimate of drug-likeness (QED) is 0.723. The predicted octanol–water partition coefficient (Wildman–Crippen LogP) is 2.08. The van der Waals surface area contributed by atoms with Crippen molar-refractivity contribution >= 4 is 21.8 Å². The molecule has 0 aromatic heterocycles. The first-order valence-electron chi connectivity index (χ1n) is 8.67. The smallest absolute Gasteiger partial charge is 0.247 e. The van der Waals surface area contributed by atoms with Crippen molar-refractivity contribution in [3.63, 3.8) is 0 Å². The van der Waals surface area contributed by atoms with E-state index in [2.05, 4.69) is 68.2 Å². The van der Waals surface area contributed by atoms with Gasteiger partial charge in [0.15, 0.2) is 0 Å². The van der Waals surface area contributed by atoms with Crippen molar-refractivity contribution in [3.8, 4) is 0 Å². The maximum atomic E-state index is 12.3. The summed E-state index contributed by atoms with van der Waals surface area (Å²) in [7, 11) is 0. The molecule has 5 nitrogen and oxygen atoms in total. The molecule has 0 saturated carbocycles. The van der Waals surface area contributed by atoms with E-state index in [1.165, 1.54) is 5.56 Å². The second-order valence-electron chi connectivity index (χ2n) is 6.91. The lowest BCUT2D eigenvalue weighted by Gasteiger charge is -2.39. The summed E-state index contributed by atoms with van der Waals surface area (Å²) in [6.07, 6.45) is 3.93. The summed E-state index contributed by atoms with van der Waals surface area (Å²) in [6, 6.07) is 8.69. The number of piperidine rings is 1. The highest BCUT2D eigenvalue weighted by molar-refractivity contribution is 9.10. The van der Waals surface area contributed by atoms with Crippen LogP contribution in [0.2, 0.25) is 0 Å². The zero-order chi connectivity index (χ0) is 16.7. The van der Waals surface area contributed by atoms with Gasteiger partial charge in [-0.15, -0.1) is 0 Å². The highest BCUT2D eigenvalue weighted by atomic mass is 79.9. The van der Waals surface area contributed by atoms with Gasteiger partial charge in [-0.3, -0.25) is 9.80 Å². The summed E-state index contributed by atoms with van der Waals surface area (Å²) in [6.45, 7) is 4.24. The summed E-state index contributed by atoms with van der Waals surface area (Å²) in [5, 5.41) is 8.78. The number of benzene rings is 1. The molecular weight excluding hydrogens is 368 g/mol. The van der Waals surface area contributed by atoms with Crippen molar-refractivity contribution in [2.45, 2.75) is 37.9 Å². The Labute approximate surface area is 151 Å². The number of halogens is 1. The number of allylic oxidation sites excluding steroid dienone is 1. The van der Waals surface area contributed by atoms with Crippen LogP contribution >= 0.6 is 15.9 Å². The lowest BCUT2D eigenvalue weighted by molar-refractivity contribution is -0.119. The molecule has 3 heterocycles. The monoisotopic (exact) mass is 390 g/mol. The molecule has 3 aliphatic rings. The minimum Gasteiger partial charge on any atom is -0.330 e. The maximum Gasteiger partial charge on any atom is 0.247 e. The van der Waals surface area contributed by atoms with Crippen LogP contribution in [-0.2, 0) is 4.79 Å². The van der Waals surface area contributed by atoms with Gasteiger partial charge in [-0.05, 0) is 50.6 Å². The van der Waals surface area contributed by atoms with Gasteiger partial charge in [-0.25, -0.2) is 5.43 Å². The van der Waals surface area contributed by atoms with Gasteiger partial charge in [0, 0.05) is 34.1 Å². The van der Waals surface area contributed by atoms with E-state index in [0.717, 1.165) is 36.1 Å². The van der Waals surface area contributed by atoms with E-state index in [1.54, 1.807) is 6.08 Å². The molecule has 1 aromatic rings. The van der Waals surface area contributed by atoms with Crippen LogP contribution in [0.15, 0.2) is 40.5 Å². The van der Waals surface area contributed by atoms with E-state index < -0.39 is 0 Å². The number of rotatable bonds is 2. The van der Waals surface area contributed by atoms with Gasteiger partial charge in [0.1, 0.15) is 6.17 Å². The SMILES string of the molecule is CC1NN2C(C3CCNCC3)=CC(=O)NC2C1c1ccc(Br)cc1. The predicted molar refractivity (Wildman–Crippen MR) is 96.9 cm³/mol. The van der Waals surface area contributed by atoms with Crippen LogP contribution in [0, 0.1) is 5.92 Å². The Morgan fingerprint density at radius 2 is 1.88 bits per heavy atom. The molecule has 0 bridgehead atoms. The van der Waals surface area contributed by atoms with E-state index in [-0.39, 0.29) is 24.0 Å². The molecule has 3 N–H and O–H groups in total. The fraction of sp³-hybridized carbons (Fsp3) is 0.500. The number of hydrogen-bond acceptors (Lipinski definition) is 4. The fourth-order valence-electron chi connectivity index (χ4n) is 4.18. The molecular formula is C18H23BrN4O. The van der Waals surface area contributed by atoms with Crippen LogP contribution in [0.4, 0.5) is 0 Å². The van der Waals surface area contributed by atoms with Gasteiger partial charge in [0.2, 0.25) is 5.91 Å². The molecule has 0 radical (unpaired) electrons. The average Bonchev–Trinajstić information content (AvgIpc) is 2.91. The van der Waals surface area contributed by atoms with E-state index in [1.807, 2.05) is 0 Å². The highest BCUT2D eigenvalue weighted by Gasteiger charge is 2.45. The minimum absolute atomic E-state index is 0.0245. The Morgan fingerprint density at radius 1 is 1.17 bits per heavy atom. The van der Waals surface area contributed by atoms with E-state index in [4.69, 9.17) is 0 Å². The van der Waals surface area contributed by atoms with Crippen LogP contribution in [-0.4, -0.2) is 36.2 Å². The summed E-state index contributed by atoms with van der Waals surface area (Å²) >= 11 is 3.50. The minimum atomic E-state index is -0.0245. The molecule has 1 amide bonds. The van der Waals surface area contributed by atoms with E-state index >= 15 is 0 Å². The molecule has 3 aliphatic heterocycles. The number of carbonyl (C=O) groups is 1. The summed E-state index contributed by atoms with van der Waals surface area (Å²) < 4.78 is 1.07. The largest absolute Gasteiger partial charge is 0.330 e. The Hall–Kier alpha value is -1.37. The Morgan fingerprint density at radius 3 is 2.58 bits per heavy atom. The molecule has 0 spiro atoms. The average molecular weight is 391 g/mol. The van der Waals surface area contributed by atoms with E-state index in [9.17, 15) is 4.79 Å². The van der Waals surface area contributed by atoms with Gasteiger partial charge in [-0.1, -0.05) is 28.1 Å². The summed E-state index contributed by atoms with van der Waals surface area (Å²) in [5.74, 6) is 0.707. The van der Waals surface area contributed by atoms with E-state index in [0.29, 0.717) is 5.92 Å². The number of hydrazine groups is 1. The third-order valence-electron chi connectivity index (χ3n) is 5.36. The van der Waals surface area contributed by atoms with Gasteiger partial charge < -0.3 is 10.6 Å². The van der Waals surface area contributed by atoms with Gasteiger partial charge >= 0.3 is 0 Å². The van der Waals surface area contributed by atoms with Crippen molar-refractivity contribution in [1.82, 2.24) is 21.1 Å². The molecule has 0 aliphatic carbocycles. The molecule has 4 rings (SSSR count). The number of nitrogens with zero attached hydrogens (tertiary/aromatic N) is 1. The van der Waals surface area contributed by atoms with Crippen LogP contribution in [0.1, 0.15) is 31.2 Å². The van der Waals surface area contributed by atoms with Crippen LogP contribution in [0.5, 0.6) is 0 Å². The lowest BCUT2D eigenvalue weighted by atomic mass is 9.88. The molecule has 2 saturated heterocycles. The molecule has 2 fully saturated rings. The van der Waals surface area contributed by atoms with Crippen molar-refractivity contribution < 1.29 is 4.79 Å². The summed E-state index contributed by atoms with van der Waals surface area (Å²) in [4.78, 5) is 12.3. The molecule has 1 aromatic carbocycles. The number of amides is 1. The first kappa shape index (κ1) is 16.1. The molecule has 24 heavy (non-hydrogen) atoms. The second kappa shape index (κ2) is 6.50. The molecule has 3 unspecified atom stereocenters. The van der Waals surface area contributed by atoms with Crippen molar-refractivity contribution in [2.75, 3.05) is 13.1 Å². The highest BCUT2D eigenvalue weighted by Crippen LogP contribution is 2.38. The Balaban J connectivity index is 1.64. The molecule has 6 heteroatoms. The zero-order valence-electron chi connectivity index (χ0n) is 13.8. The van der Waals surface area contributed by atoms with Crippen LogP contribution < -0.4 is 16.1 Å². The number of carbonyl (C=O) groups excluding carboxylic acids is 1. The van der Waals surface area contributed by atoms with Crippen molar-refractivity contribution in [1.29, 1.82) is 0 Å². The molecule has 128 valence electrons. The van der Waals surface area contributed by atoms with Gasteiger partial charge in [0.05, 0.1) is 0 Å². The normalized spacial score (nSPS) is 30.8. The fourth-order valence-corrected chi connectivity index (χ4v) is 4.45. The summed E-state index contributed by atoms with van der Waals surface area (Å²) in [5.41, 5.74) is 6.00. The van der Waals surface area contributed by atoms with Crippen LogP contribution in [0.3, 0.4) is 0 Å². The zero-order valence-corrected chi connectivity index (χ0v) is 15.3. The first-order chi connectivity index (χ1) is 11.6. The Kier molecular flexibility index (Phi) is 4.37.